The number of rotatable bonds is 14. The number of hydrogen-bond acceptors (Lipinski definition) is 4. The number of carboxylic acid groups (broad SMARTS) is 1. The largest absolute Gasteiger partial charge is 0.492 e. The standard InChI is InChI=1S/C29H32BrFN2O5/c1-2-37-27(28(34)35)20-22-7-15-26(16-8-22)38-19-18-33(17-3-4-21-5-11-24(31)12-6-21)29(36)32-25-13-9-23(30)10-14-25/h5-16,27H,2-4,17-20H2,1H3,(H,32,36)(H,34,35). The van der Waals surface area contributed by atoms with E-state index in [1.807, 2.05) is 36.4 Å². The lowest BCUT2D eigenvalue weighted by Crippen LogP contribution is -2.38. The maximum Gasteiger partial charge on any atom is 0.333 e. The first-order valence-corrected chi connectivity index (χ1v) is 13.3. The molecule has 3 aromatic carbocycles. The van der Waals surface area contributed by atoms with Crippen LogP contribution < -0.4 is 10.1 Å². The lowest BCUT2D eigenvalue weighted by atomic mass is 10.1. The SMILES string of the molecule is CCOC(Cc1ccc(OCCN(CCCc2ccc(F)cc2)C(=O)Nc2ccc(Br)cc2)cc1)C(=O)O. The Morgan fingerprint density at radius 1 is 0.974 bits per heavy atom. The van der Waals surface area contributed by atoms with Crippen LogP contribution in [0.3, 0.4) is 0 Å². The zero-order valence-electron chi connectivity index (χ0n) is 21.2. The van der Waals surface area contributed by atoms with Gasteiger partial charge in [0.2, 0.25) is 0 Å². The van der Waals surface area contributed by atoms with Gasteiger partial charge in [0.15, 0.2) is 6.10 Å². The minimum absolute atomic E-state index is 0.235. The van der Waals surface area contributed by atoms with Crippen molar-refractivity contribution in [3.63, 3.8) is 0 Å². The summed E-state index contributed by atoms with van der Waals surface area (Å²) < 4.78 is 25.2. The van der Waals surface area contributed by atoms with Gasteiger partial charge in [-0.05, 0) is 79.4 Å². The summed E-state index contributed by atoms with van der Waals surface area (Å²) in [6, 6.07) is 20.7. The molecule has 3 rings (SSSR count). The predicted molar refractivity (Wildman–Crippen MR) is 148 cm³/mol. The summed E-state index contributed by atoms with van der Waals surface area (Å²) in [5.41, 5.74) is 2.52. The van der Waals surface area contributed by atoms with Gasteiger partial charge >= 0.3 is 12.0 Å². The van der Waals surface area contributed by atoms with Crippen molar-refractivity contribution in [2.24, 2.45) is 0 Å². The van der Waals surface area contributed by atoms with Crippen molar-refractivity contribution in [2.75, 3.05) is 31.6 Å². The molecule has 38 heavy (non-hydrogen) atoms. The fourth-order valence-corrected chi connectivity index (χ4v) is 4.07. The number of anilines is 1. The quantitative estimate of drug-likeness (QED) is 0.236. The fourth-order valence-electron chi connectivity index (χ4n) is 3.80. The number of carbonyl (C=O) groups excluding carboxylic acids is 1. The van der Waals surface area contributed by atoms with Crippen molar-refractivity contribution in [2.45, 2.75) is 32.3 Å². The lowest BCUT2D eigenvalue weighted by molar-refractivity contribution is -0.149. The van der Waals surface area contributed by atoms with E-state index in [9.17, 15) is 19.1 Å². The molecule has 0 aromatic heterocycles. The molecule has 1 atom stereocenters. The molecular weight excluding hydrogens is 555 g/mol. The monoisotopic (exact) mass is 586 g/mol. The number of carboxylic acids is 1. The molecule has 3 aromatic rings. The molecule has 0 saturated carbocycles. The van der Waals surface area contributed by atoms with Crippen LogP contribution in [0.25, 0.3) is 0 Å². The first-order valence-electron chi connectivity index (χ1n) is 12.5. The average molecular weight is 587 g/mol. The number of carbonyl (C=O) groups is 2. The maximum atomic E-state index is 13.2. The summed E-state index contributed by atoms with van der Waals surface area (Å²) in [6.07, 6.45) is 0.795. The molecule has 202 valence electrons. The van der Waals surface area contributed by atoms with E-state index in [0.29, 0.717) is 44.0 Å². The van der Waals surface area contributed by atoms with Gasteiger partial charge in [0, 0.05) is 29.7 Å². The molecule has 0 fully saturated rings. The van der Waals surface area contributed by atoms with Gasteiger partial charge in [-0.15, -0.1) is 0 Å². The third kappa shape index (κ3) is 9.79. The zero-order chi connectivity index (χ0) is 27.3. The van der Waals surface area contributed by atoms with E-state index in [0.717, 1.165) is 15.6 Å². The Morgan fingerprint density at radius 2 is 1.63 bits per heavy atom. The van der Waals surface area contributed by atoms with Gasteiger partial charge < -0.3 is 24.8 Å². The number of aliphatic carboxylic acids is 1. The highest BCUT2D eigenvalue weighted by atomic mass is 79.9. The highest BCUT2D eigenvalue weighted by molar-refractivity contribution is 9.10. The Balaban J connectivity index is 1.55. The summed E-state index contributed by atoms with van der Waals surface area (Å²) in [7, 11) is 0. The van der Waals surface area contributed by atoms with Crippen molar-refractivity contribution in [3.8, 4) is 5.75 Å². The minimum atomic E-state index is -0.992. The van der Waals surface area contributed by atoms with Gasteiger partial charge in [0.1, 0.15) is 18.2 Å². The Bertz CT molecular complexity index is 1160. The van der Waals surface area contributed by atoms with Gasteiger partial charge in [-0.3, -0.25) is 0 Å². The molecule has 0 aliphatic heterocycles. The number of urea groups is 1. The second-order valence-corrected chi connectivity index (χ2v) is 9.55. The van der Waals surface area contributed by atoms with Crippen molar-refractivity contribution in [3.05, 3.63) is 94.2 Å². The van der Waals surface area contributed by atoms with Gasteiger partial charge in [-0.25, -0.2) is 14.0 Å². The number of aryl methyl sites for hydroxylation is 1. The molecule has 0 spiro atoms. The maximum absolute atomic E-state index is 13.2. The van der Waals surface area contributed by atoms with Gasteiger partial charge in [-0.2, -0.15) is 0 Å². The summed E-state index contributed by atoms with van der Waals surface area (Å²) in [4.78, 5) is 26.0. The number of nitrogens with one attached hydrogen (secondary N) is 1. The van der Waals surface area contributed by atoms with Crippen molar-refractivity contribution in [1.82, 2.24) is 4.90 Å². The Labute approximate surface area is 230 Å². The molecule has 0 aliphatic carbocycles. The third-order valence-electron chi connectivity index (χ3n) is 5.81. The molecule has 0 radical (unpaired) electrons. The number of halogens is 2. The van der Waals surface area contributed by atoms with Crippen molar-refractivity contribution >= 4 is 33.6 Å². The molecule has 9 heteroatoms. The summed E-state index contributed by atoms with van der Waals surface area (Å²) in [6.45, 7) is 3.22. The highest BCUT2D eigenvalue weighted by Gasteiger charge is 2.18. The zero-order valence-corrected chi connectivity index (χ0v) is 22.8. The number of benzene rings is 3. The van der Waals surface area contributed by atoms with Crippen LogP contribution in [0, 0.1) is 5.82 Å². The smallest absolute Gasteiger partial charge is 0.333 e. The molecular formula is C29H32BrFN2O5. The van der Waals surface area contributed by atoms with E-state index in [4.69, 9.17) is 9.47 Å². The predicted octanol–water partition coefficient (Wildman–Crippen LogP) is 6.17. The van der Waals surface area contributed by atoms with Crippen LogP contribution in [-0.4, -0.2) is 54.4 Å². The molecule has 1 unspecified atom stereocenters. The van der Waals surface area contributed by atoms with Crippen LogP contribution in [0.15, 0.2) is 77.3 Å². The minimum Gasteiger partial charge on any atom is -0.492 e. The molecule has 0 saturated heterocycles. The van der Waals surface area contributed by atoms with Crippen LogP contribution in [0.4, 0.5) is 14.9 Å². The normalized spacial score (nSPS) is 11.6. The molecule has 2 amide bonds. The van der Waals surface area contributed by atoms with Gasteiger partial charge in [0.25, 0.3) is 0 Å². The molecule has 0 aliphatic rings. The third-order valence-corrected chi connectivity index (χ3v) is 6.34. The first kappa shape index (κ1) is 29.1. The van der Waals surface area contributed by atoms with Crippen LogP contribution >= 0.6 is 15.9 Å². The number of ether oxygens (including phenoxy) is 2. The molecule has 0 heterocycles. The Hall–Kier alpha value is -3.43. The molecule has 2 N–H and O–H groups in total. The summed E-state index contributed by atoms with van der Waals surface area (Å²) >= 11 is 3.39. The van der Waals surface area contributed by atoms with E-state index in [-0.39, 0.29) is 24.9 Å². The van der Waals surface area contributed by atoms with Gasteiger partial charge in [-0.1, -0.05) is 40.2 Å². The second-order valence-electron chi connectivity index (χ2n) is 8.63. The molecule has 0 bridgehead atoms. The first-order chi connectivity index (χ1) is 18.3. The molecule has 7 nitrogen and oxygen atoms in total. The second kappa shape index (κ2) is 15.1. The Morgan fingerprint density at radius 3 is 2.26 bits per heavy atom. The summed E-state index contributed by atoms with van der Waals surface area (Å²) in [5, 5.41) is 12.2. The van der Waals surface area contributed by atoms with E-state index < -0.39 is 12.1 Å². The highest BCUT2D eigenvalue weighted by Crippen LogP contribution is 2.17. The number of amides is 2. The van der Waals surface area contributed by atoms with Crippen LogP contribution in [0.1, 0.15) is 24.5 Å². The van der Waals surface area contributed by atoms with Crippen LogP contribution in [0.2, 0.25) is 0 Å². The van der Waals surface area contributed by atoms with E-state index in [1.54, 1.807) is 36.1 Å². The van der Waals surface area contributed by atoms with Crippen LogP contribution in [0.5, 0.6) is 5.75 Å². The Kier molecular flexibility index (Phi) is 11.6. The van der Waals surface area contributed by atoms with E-state index in [2.05, 4.69) is 21.2 Å². The van der Waals surface area contributed by atoms with E-state index in [1.165, 1.54) is 12.1 Å². The fraction of sp³-hybridized carbons (Fsp3) is 0.310. The van der Waals surface area contributed by atoms with Crippen molar-refractivity contribution < 1.29 is 28.6 Å². The van der Waals surface area contributed by atoms with Crippen molar-refractivity contribution in [1.29, 1.82) is 0 Å². The number of nitrogens with zero attached hydrogens (tertiary/aromatic N) is 1. The van der Waals surface area contributed by atoms with Gasteiger partial charge in [0.05, 0.1) is 6.54 Å². The van der Waals surface area contributed by atoms with E-state index >= 15 is 0 Å². The lowest BCUT2D eigenvalue weighted by Gasteiger charge is -2.23. The topological polar surface area (TPSA) is 88.1 Å². The average Bonchev–Trinajstić information content (AvgIpc) is 2.90. The summed E-state index contributed by atoms with van der Waals surface area (Å²) in [5.74, 6) is -0.643. The van der Waals surface area contributed by atoms with Crippen LogP contribution in [-0.2, 0) is 22.4 Å². The number of hydrogen-bond donors (Lipinski definition) is 2.